The Kier molecular flexibility index (Phi) is 10.7. The van der Waals surface area contributed by atoms with Crippen LogP contribution in [0.25, 0.3) is 22.3 Å². The molecule has 0 N–H and O–H groups in total. The molecule has 4 aromatic rings. The molecule has 0 spiro atoms. The summed E-state index contributed by atoms with van der Waals surface area (Å²) in [5.41, 5.74) is -1.58. The Morgan fingerprint density at radius 3 is 1.98 bits per heavy atom. The van der Waals surface area contributed by atoms with Gasteiger partial charge in [-0.1, -0.05) is 44.4 Å². The second-order valence-corrected chi connectivity index (χ2v) is 11.1. The van der Waals surface area contributed by atoms with E-state index in [0.717, 1.165) is 74.2 Å². The first-order valence-corrected chi connectivity index (χ1v) is 14.9. The molecular formula is C35H30F8O4. The average molecular weight is 667 g/mol. The summed E-state index contributed by atoms with van der Waals surface area (Å²) in [6, 6.07) is 10.4. The maximum atomic E-state index is 15.1. The molecule has 0 saturated carbocycles. The van der Waals surface area contributed by atoms with Crippen molar-refractivity contribution in [2.24, 2.45) is 5.92 Å². The van der Waals surface area contributed by atoms with Crippen LogP contribution in [0.1, 0.15) is 50.0 Å². The molecule has 0 aromatic heterocycles. The minimum Gasteiger partial charge on any atom is -0.457 e. The molecule has 0 atom stereocenters. The van der Waals surface area contributed by atoms with Crippen molar-refractivity contribution >= 4 is 0 Å². The summed E-state index contributed by atoms with van der Waals surface area (Å²) in [6.07, 6.45) is -0.942. The summed E-state index contributed by atoms with van der Waals surface area (Å²) in [4.78, 5) is 0. The molecule has 4 nitrogen and oxygen atoms in total. The van der Waals surface area contributed by atoms with Gasteiger partial charge in [-0.25, -0.2) is 26.3 Å². The molecule has 1 fully saturated rings. The topological polar surface area (TPSA) is 36.9 Å². The van der Waals surface area contributed by atoms with Crippen molar-refractivity contribution in [3.63, 3.8) is 0 Å². The fourth-order valence-corrected chi connectivity index (χ4v) is 5.32. The second-order valence-electron chi connectivity index (χ2n) is 11.1. The van der Waals surface area contributed by atoms with Gasteiger partial charge >= 0.3 is 6.11 Å². The molecule has 12 heteroatoms. The molecule has 0 aliphatic carbocycles. The van der Waals surface area contributed by atoms with E-state index in [1.165, 1.54) is 12.1 Å². The third-order valence-corrected chi connectivity index (χ3v) is 7.74. The van der Waals surface area contributed by atoms with Gasteiger partial charge in [-0.3, -0.25) is 0 Å². The number of hydrogen-bond acceptors (Lipinski definition) is 4. The van der Waals surface area contributed by atoms with E-state index < -0.39 is 65.4 Å². The van der Waals surface area contributed by atoms with Crippen LogP contribution in [-0.2, 0) is 15.6 Å². The Labute approximate surface area is 265 Å². The Morgan fingerprint density at radius 2 is 1.36 bits per heavy atom. The van der Waals surface area contributed by atoms with Gasteiger partial charge in [0.05, 0.1) is 18.8 Å². The van der Waals surface area contributed by atoms with Gasteiger partial charge in [0.25, 0.3) is 0 Å². The van der Waals surface area contributed by atoms with Crippen molar-refractivity contribution in [3.05, 3.63) is 107 Å². The first-order valence-electron chi connectivity index (χ1n) is 14.9. The van der Waals surface area contributed by atoms with Gasteiger partial charge in [0.1, 0.15) is 23.2 Å². The average Bonchev–Trinajstić information content (AvgIpc) is 3.03. The largest absolute Gasteiger partial charge is 0.457 e. The molecular weight excluding hydrogens is 636 g/mol. The van der Waals surface area contributed by atoms with Crippen LogP contribution >= 0.6 is 0 Å². The summed E-state index contributed by atoms with van der Waals surface area (Å²) in [5.74, 6) is -7.23. The first-order chi connectivity index (χ1) is 22.5. The fourth-order valence-electron chi connectivity index (χ4n) is 5.32. The van der Waals surface area contributed by atoms with Crippen molar-refractivity contribution in [1.29, 1.82) is 0 Å². The van der Waals surface area contributed by atoms with Crippen LogP contribution in [0.5, 0.6) is 11.5 Å². The Hall–Kier alpha value is -4.16. The van der Waals surface area contributed by atoms with Crippen LogP contribution in [0.4, 0.5) is 35.1 Å². The molecule has 0 bridgehead atoms. The van der Waals surface area contributed by atoms with E-state index in [0.29, 0.717) is 19.3 Å². The molecule has 250 valence electrons. The quantitative estimate of drug-likeness (QED) is 0.111. The van der Waals surface area contributed by atoms with Gasteiger partial charge < -0.3 is 18.9 Å². The highest BCUT2D eigenvalue weighted by atomic mass is 19.3. The lowest BCUT2D eigenvalue weighted by Gasteiger charge is -2.30. The third kappa shape index (κ3) is 7.87. The lowest BCUT2D eigenvalue weighted by molar-refractivity contribution is -0.206. The fraction of sp³-hybridized carbons (Fsp3) is 0.314. The molecule has 47 heavy (non-hydrogen) atoms. The van der Waals surface area contributed by atoms with E-state index in [1.54, 1.807) is 0 Å². The molecule has 1 saturated heterocycles. The third-order valence-electron chi connectivity index (χ3n) is 7.74. The van der Waals surface area contributed by atoms with Crippen LogP contribution in [0.15, 0.2) is 66.7 Å². The Balaban J connectivity index is 1.27. The molecule has 0 radical (unpaired) electrons. The normalized spacial score (nSPS) is 16.7. The highest BCUT2D eigenvalue weighted by Crippen LogP contribution is 2.38. The predicted molar refractivity (Wildman–Crippen MR) is 157 cm³/mol. The molecule has 5 rings (SSSR count). The molecule has 0 unspecified atom stereocenters. The van der Waals surface area contributed by atoms with Gasteiger partial charge in [0.2, 0.25) is 6.86 Å². The van der Waals surface area contributed by atoms with E-state index in [1.807, 2.05) is 0 Å². The van der Waals surface area contributed by atoms with Crippen molar-refractivity contribution < 1.29 is 54.1 Å². The molecule has 1 aliphatic heterocycles. The maximum Gasteiger partial charge on any atom is 0.429 e. The van der Waals surface area contributed by atoms with Crippen molar-refractivity contribution in [2.75, 3.05) is 20.1 Å². The number of alkyl halides is 3. The lowest BCUT2D eigenvalue weighted by Crippen LogP contribution is -2.27. The zero-order valence-corrected chi connectivity index (χ0v) is 25.1. The van der Waals surface area contributed by atoms with Crippen LogP contribution in [0.3, 0.4) is 0 Å². The highest BCUT2D eigenvalue weighted by molar-refractivity contribution is 5.72. The van der Waals surface area contributed by atoms with Crippen LogP contribution in [-0.4, -0.2) is 20.1 Å². The van der Waals surface area contributed by atoms with Gasteiger partial charge in [0.15, 0.2) is 23.7 Å². The smallest absolute Gasteiger partial charge is 0.429 e. The first kappa shape index (κ1) is 34.2. The summed E-state index contributed by atoms with van der Waals surface area (Å²) < 4.78 is 136. The molecule has 1 aliphatic rings. The minimum atomic E-state index is -4.20. The van der Waals surface area contributed by atoms with Crippen molar-refractivity contribution in [3.8, 4) is 33.8 Å². The van der Waals surface area contributed by atoms with E-state index in [-0.39, 0.29) is 33.7 Å². The van der Waals surface area contributed by atoms with Gasteiger partial charge in [-0.2, -0.15) is 8.78 Å². The van der Waals surface area contributed by atoms with Crippen molar-refractivity contribution in [1.82, 2.24) is 0 Å². The summed E-state index contributed by atoms with van der Waals surface area (Å²) in [7, 11) is 0. The number of halogens is 8. The predicted octanol–water partition coefficient (Wildman–Crippen LogP) is 10.4. The van der Waals surface area contributed by atoms with E-state index >= 15 is 13.2 Å². The van der Waals surface area contributed by atoms with E-state index in [2.05, 4.69) is 16.4 Å². The van der Waals surface area contributed by atoms with Crippen LogP contribution in [0.2, 0.25) is 0 Å². The molecule has 1 heterocycles. The van der Waals surface area contributed by atoms with E-state index in [4.69, 9.17) is 9.47 Å². The summed E-state index contributed by atoms with van der Waals surface area (Å²) in [5, 5.41) is 0. The van der Waals surface area contributed by atoms with Gasteiger partial charge in [-0.15, -0.1) is 0 Å². The number of unbranched alkanes of at least 4 members (excludes halogenated alkanes) is 2. The Morgan fingerprint density at radius 1 is 0.723 bits per heavy atom. The van der Waals surface area contributed by atoms with Gasteiger partial charge in [0, 0.05) is 28.7 Å². The maximum absolute atomic E-state index is 15.1. The summed E-state index contributed by atoms with van der Waals surface area (Å²) in [6.45, 7) is 1.44. The number of ether oxygens (including phenoxy) is 4. The molecule has 4 aromatic carbocycles. The molecule has 0 amide bonds. The monoisotopic (exact) mass is 666 g/mol. The number of benzene rings is 4. The zero-order chi connectivity index (χ0) is 33.7. The minimum absolute atomic E-state index is 0.0264. The van der Waals surface area contributed by atoms with Gasteiger partial charge in [-0.05, 0) is 60.0 Å². The van der Waals surface area contributed by atoms with Crippen LogP contribution in [0, 0.1) is 35.0 Å². The Bertz CT molecular complexity index is 1680. The van der Waals surface area contributed by atoms with E-state index in [9.17, 15) is 22.0 Å². The summed E-state index contributed by atoms with van der Waals surface area (Å²) >= 11 is 0. The standard InChI is InChI=1S/C35H30F8O4/c1-2-3-4-5-20-17-44-34(45-18-20)22-7-11-27(30(39)13-22)35(42,43)47-24-8-10-25(29(38)16-24)21-6-9-26(28(37)12-21)23-14-31(40)33(46-19-36)32(41)15-23/h6-16,20,34H,2-5,17-19H2,1H3. The lowest BCUT2D eigenvalue weighted by atomic mass is 9.99. The second kappa shape index (κ2) is 14.7. The zero-order valence-electron chi connectivity index (χ0n) is 25.1. The van der Waals surface area contributed by atoms with Crippen molar-refractivity contribution in [2.45, 2.75) is 45.0 Å². The SMILES string of the molecule is CCCCCC1COC(c2ccc(C(F)(F)Oc3ccc(-c4ccc(-c5cc(F)c(OCF)c(F)c5)c(F)c4)c(F)c3)c(F)c2)OC1. The number of hydrogen-bond donors (Lipinski definition) is 0. The number of rotatable bonds is 12. The highest BCUT2D eigenvalue weighted by Gasteiger charge is 2.38. The van der Waals surface area contributed by atoms with Crippen LogP contribution < -0.4 is 9.47 Å².